The van der Waals surface area contributed by atoms with Crippen LogP contribution in [-0.4, -0.2) is 47.7 Å². The molecular weight excluding hydrogens is 368 g/mol. The van der Waals surface area contributed by atoms with Crippen molar-refractivity contribution in [1.29, 1.82) is 0 Å². The summed E-state index contributed by atoms with van der Waals surface area (Å²) in [6.45, 7) is 3.10. The maximum atomic E-state index is 12.4. The quantitative estimate of drug-likeness (QED) is 0.152. The van der Waals surface area contributed by atoms with Crippen molar-refractivity contribution < 1.29 is 24.9 Å². The van der Waals surface area contributed by atoms with Crippen LogP contribution in [0.15, 0.2) is 12.2 Å². The molecule has 0 aromatic carbocycles. The van der Waals surface area contributed by atoms with Gasteiger partial charge in [0, 0.05) is 12.5 Å². The molecule has 29 heavy (non-hydrogen) atoms. The third-order valence-electron chi connectivity index (χ3n) is 5.72. The lowest BCUT2D eigenvalue weighted by Gasteiger charge is -2.34. The molecule has 0 fully saturated rings. The molecule has 3 N–H and O–H groups in total. The molecule has 0 aromatic heterocycles. The summed E-state index contributed by atoms with van der Waals surface area (Å²) in [5.41, 5.74) is -1.42. The van der Waals surface area contributed by atoms with Gasteiger partial charge in [-0.05, 0) is 38.5 Å². The second-order valence-electron chi connectivity index (χ2n) is 8.15. The summed E-state index contributed by atoms with van der Waals surface area (Å²) >= 11 is 0. The summed E-state index contributed by atoms with van der Waals surface area (Å²) in [5, 5.41) is 29.3. The molecule has 0 aliphatic rings. The number of esters is 1. The smallest absolute Gasteiger partial charge is 0.317 e. The minimum atomic E-state index is -1.42. The van der Waals surface area contributed by atoms with Gasteiger partial charge < -0.3 is 20.1 Å². The Morgan fingerprint density at radius 1 is 0.828 bits per heavy atom. The lowest BCUT2D eigenvalue weighted by Crippen LogP contribution is -2.48. The number of allylic oxidation sites excluding steroid dienone is 2. The van der Waals surface area contributed by atoms with Crippen LogP contribution >= 0.6 is 0 Å². The molecule has 5 nitrogen and oxygen atoms in total. The molecule has 172 valence electrons. The monoisotopic (exact) mass is 414 g/mol. The minimum absolute atomic E-state index is 0.250. The van der Waals surface area contributed by atoms with E-state index in [0.717, 1.165) is 32.1 Å². The number of unbranched alkanes of at least 4 members (excludes halogenated alkanes) is 9. The Labute approximate surface area is 178 Å². The largest absolute Gasteiger partial charge is 0.465 e. The number of carbonyl (C=O) groups excluding carboxylic acids is 1. The third-order valence-corrected chi connectivity index (χ3v) is 5.72. The average molecular weight is 415 g/mol. The number of rotatable bonds is 20. The number of hydrogen-bond donors (Lipinski definition) is 3. The Kier molecular flexibility index (Phi) is 18.5. The van der Waals surface area contributed by atoms with Crippen LogP contribution < -0.4 is 0 Å². The van der Waals surface area contributed by atoms with Crippen molar-refractivity contribution in [3.05, 3.63) is 12.2 Å². The van der Waals surface area contributed by atoms with Crippen LogP contribution in [0, 0.1) is 11.3 Å². The molecule has 0 spiro atoms. The molecule has 0 rings (SSSR count). The van der Waals surface area contributed by atoms with Crippen LogP contribution in [0.5, 0.6) is 0 Å². The van der Waals surface area contributed by atoms with E-state index in [9.17, 15) is 20.1 Å². The SMILES string of the molecule is CCCCCCCC/C=C\CCCCCC(CO)C(CO)(CO)C(=O)OCCC. The first kappa shape index (κ1) is 28.1. The second kappa shape index (κ2) is 19.1. The van der Waals surface area contributed by atoms with E-state index < -0.39 is 30.5 Å². The van der Waals surface area contributed by atoms with Crippen molar-refractivity contribution >= 4 is 5.97 Å². The van der Waals surface area contributed by atoms with E-state index >= 15 is 0 Å². The maximum absolute atomic E-state index is 12.4. The van der Waals surface area contributed by atoms with Crippen molar-refractivity contribution in [1.82, 2.24) is 0 Å². The molecule has 0 bridgehead atoms. The molecule has 0 heterocycles. The molecule has 5 heteroatoms. The summed E-state index contributed by atoms with van der Waals surface area (Å²) in [5.74, 6) is -1.11. The van der Waals surface area contributed by atoms with Gasteiger partial charge in [-0.25, -0.2) is 0 Å². The molecule has 0 saturated carbocycles. The highest BCUT2D eigenvalue weighted by Crippen LogP contribution is 2.33. The topological polar surface area (TPSA) is 87.0 Å². The van der Waals surface area contributed by atoms with Crippen LogP contribution in [0.4, 0.5) is 0 Å². The first-order valence-corrected chi connectivity index (χ1v) is 11.8. The molecule has 0 radical (unpaired) electrons. The number of aliphatic hydroxyl groups is 3. The van der Waals surface area contributed by atoms with E-state index in [-0.39, 0.29) is 13.2 Å². The van der Waals surface area contributed by atoms with Crippen molar-refractivity contribution in [3.63, 3.8) is 0 Å². The van der Waals surface area contributed by atoms with E-state index in [1.54, 1.807) is 0 Å². The number of hydrogen-bond acceptors (Lipinski definition) is 5. The molecule has 1 atom stereocenters. The predicted molar refractivity (Wildman–Crippen MR) is 119 cm³/mol. The van der Waals surface area contributed by atoms with E-state index in [2.05, 4.69) is 19.1 Å². The zero-order valence-electron chi connectivity index (χ0n) is 18.9. The van der Waals surface area contributed by atoms with Gasteiger partial charge in [0.1, 0.15) is 5.41 Å². The van der Waals surface area contributed by atoms with Gasteiger partial charge >= 0.3 is 5.97 Å². The van der Waals surface area contributed by atoms with Gasteiger partial charge in [-0.1, -0.05) is 70.9 Å². The van der Waals surface area contributed by atoms with Crippen molar-refractivity contribution in [3.8, 4) is 0 Å². The lowest BCUT2D eigenvalue weighted by atomic mass is 9.74. The maximum Gasteiger partial charge on any atom is 0.317 e. The number of carbonyl (C=O) groups is 1. The fourth-order valence-corrected chi connectivity index (χ4v) is 3.59. The van der Waals surface area contributed by atoms with Gasteiger partial charge in [0.25, 0.3) is 0 Å². The van der Waals surface area contributed by atoms with E-state index in [0.29, 0.717) is 12.8 Å². The fourth-order valence-electron chi connectivity index (χ4n) is 3.59. The third kappa shape index (κ3) is 11.8. The van der Waals surface area contributed by atoms with Gasteiger partial charge in [-0.15, -0.1) is 0 Å². The summed E-state index contributed by atoms with van der Waals surface area (Å²) in [6, 6.07) is 0. The van der Waals surface area contributed by atoms with Gasteiger partial charge in [-0.3, -0.25) is 4.79 Å². The van der Waals surface area contributed by atoms with Gasteiger partial charge in [0.05, 0.1) is 19.8 Å². The molecule has 0 aliphatic carbocycles. The minimum Gasteiger partial charge on any atom is -0.465 e. The van der Waals surface area contributed by atoms with Gasteiger partial charge in [-0.2, -0.15) is 0 Å². The first-order chi connectivity index (χ1) is 14.1. The zero-order chi connectivity index (χ0) is 21.8. The van der Waals surface area contributed by atoms with Crippen LogP contribution in [0.25, 0.3) is 0 Å². The Hall–Kier alpha value is -0.910. The number of ether oxygens (including phenoxy) is 1. The van der Waals surface area contributed by atoms with E-state index in [1.165, 1.54) is 38.5 Å². The zero-order valence-corrected chi connectivity index (χ0v) is 18.9. The molecule has 0 saturated heterocycles. The molecule has 0 aliphatic heterocycles. The highest BCUT2D eigenvalue weighted by molar-refractivity contribution is 5.77. The van der Waals surface area contributed by atoms with Crippen molar-refractivity contribution in [2.24, 2.45) is 11.3 Å². The molecule has 0 aromatic rings. The van der Waals surface area contributed by atoms with Crippen LogP contribution in [0.3, 0.4) is 0 Å². The summed E-state index contributed by atoms with van der Waals surface area (Å²) in [6.07, 6.45) is 18.9. The predicted octanol–water partition coefficient (Wildman–Crippen LogP) is 4.78. The van der Waals surface area contributed by atoms with Crippen LogP contribution in [0.1, 0.15) is 97.3 Å². The van der Waals surface area contributed by atoms with Crippen molar-refractivity contribution in [2.45, 2.75) is 97.3 Å². The lowest BCUT2D eigenvalue weighted by molar-refractivity contribution is -0.169. The number of aliphatic hydroxyl groups excluding tert-OH is 3. The second-order valence-corrected chi connectivity index (χ2v) is 8.15. The molecular formula is C24H46O5. The van der Waals surface area contributed by atoms with E-state index in [4.69, 9.17) is 4.74 Å². The molecule has 0 amide bonds. The fraction of sp³-hybridized carbons (Fsp3) is 0.875. The highest BCUT2D eigenvalue weighted by Gasteiger charge is 2.45. The van der Waals surface area contributed by atoms with Gasteiger partial charge in [0.15, 0.2) is 0 Å². The summed E-state index contributed by atoms with van der Waals surface area (Å²) < 4.78 is 5.16. The molecule has 1 unspecified atom stereocenters. The first-order valence-electron chi connectivity index (χ1n) is 11.8. The van der Waals surface area contributed by atoms with Crippen LogP contribution in [-0.2, 0) is 9.53 Å². The highest BCUT2D eigenvalue weighted by atomic mass is 16.5. The van der Waals surface area contributed by atoms with E-state index in [1.807, 2.05) is 6.92 Å². The Balaban J connectivity index is 4.09. The van der Waals surface area contributed by atoms with Gasteiger partial charge in [0.2, 0.25) is 0 Å². The summed E-state index contributed by atoms with van der Waals surface area (Å²) in [4.78, 5) is 12.4. The van der Waals surface area contributed by atoms with Crippen LogP contribution in [0.2, 0.25) is 0 Å². The Morgan fingerprint density at radius 3 is 1.90 bits per heavy atom. The Morgan fingerprint density at radius 2 is 1.38 bits per heavy atom. The van der Waals surface area contributed by atoms with Crippen molar-refractivity contribution in [2.75, 3.05) is 26.4 Å². The normalized spacial score (nSPS) is 13.1. The average Bonchev–Trinajstić information content (AvgIpc) is 2.74. The standard InChI is InChI=1S/C24H46O5/c1-3-5-6-7-8-9-10-11-12-13-14-15-16-17-22(19-25)24(20-26,21-27)23(28)29-18-4-2/h11-12,22,25-27H,3-10,13-21H2,1-2H3/b12-11-. The Bertz CT molecular complexity index is 404. The summed E-state index contributed by atoms with van der Waals surface area (Å²) in [7, 11) is 0.